The minimum Gasteiger partial charge on any atom is -0.353 e. The molecule has 0 saturated carbocycles. The second kappa shape index (κ2) is 9.09. The third kappa shape index (κ3) is 5.25. The monoisotopic (exact) mass is 376 g/mol. The zero-order chi connectivity index (χ0) is 19.3. The second-order valence-electron chi connectivity index (χ2n) is 6.99. The summed E-state index contributed by atoms with van der Waals surface area (Å²) < 4.78 is 1.10. The summed E-state index contributed by atoms with van der Waals surface area (Å²) in [6.45, 7) is 8.65. The Labute approximate surface area is 158 Å². The Morgan fingerprint density at radius 3 is 2.54 bits per heavy atom. The number of nitrogens with zero attached hydrogens (tertiary/aromatic N) is 1. The molecule has 1 heterocycles. The van der Waals surface area contributed by atoms with Gasteiger partial charge >= 0.3 is 0 Å². The molecule has 1 aromatic carbocycles. The number of thiazole rings is 1. The van der Waals surface area contributed by atoms with Gasteiger partial charge in [-0.1, -0.05) is 33.8 Å². The third-order valence-electron chi connectivity index (χ3n) is 4.10. The molecule has 1 aromatic heterocycles. The van der Waals surface area contributed by atoms with Crippen LogP contribution in [0, 0.1) is 5.92 Å². The molecule has 0 saturated heterocycles. The highest BCUT2D eigenvalue weighted by Gasteiger charge is 2.23. The van der Waals surface area contributed by atoms with Gasteiger partial charge in [0.25, 0.3) is 0 Å². The topological polar surface area (TPSA) is 97.1 Å². The van der Waals surface area contributed by atoms with Crippen LogP contribution in [-0.2, 0) is 16.0 Å². The highest BCUT2D eigenvalue weighted by atomic mass is 32.1. The standard InChI is InChI=1S/C19H28N4O2S/c1-11(2)13-5-6-14-16(9-13)26-17(22-14)10-15(19(25)21-8-7-20)23-18(24)12(3)4/h5-6,9,11-12,15H,7-8,10,20H2,1-4H3,(H,21,25)(H,23,24)/t15-/m0/s1. The summed E-state index contributed by atoms with van der Waals surface area (Å²) >= 11 is 1.57. The molecule has 0 unspecified atom stereocenters. The van der Waals surface area contributed by atoms with Gasteiger partial charge in [0.2, 0.25) is 11.8 Å². The van der Waals surface area contributed by atoms with Gasteiger partial charge in [-0.05, 0) is 23.6 Å². The molecule has 26 heavy (non-hydrogen) atoms. The van der Waals surface area contributed by atoms with Crippen LogP contribution in [0.4, 0.5) is 0 Å². The first-order valence-electron chi connectivity index (χ1n) is 8.99. The average Bonchev–Trinajstić information content (AvgIpc) is 3.00. The van der Waals surface area contributed by atoms with Crippen molar-refractivity contribution in [3.05, 3.63) is 28.8 Å². The van der Waals surface area contributed by atoms with Crippen LogP contribution in [0.25, 0.3) is 10.2 Å². The van der Waals surface area contributed by atoms with Crippen molar-refractivity contribution in [3.8, 4) is 0 Å². The lowest BCUT2D eigenvalue weighted by Gasteiger charge is -2.18. The van der Waals surface area contributed by atoms with Gasteiger partial charge in [-0.3, -0.25) is 9.59 Å². The van der Waals surface area contributed by atoms with E-state index in [1.165, 1.54) is 5.56 Å². The van der Waals surface area contributed by atoms with Crippen LogP contribution >= 0.6 is 11.3 Å². The molecule has 142 valence electrons. The van der Waals surface area contributed by atoms with Crippen LogP contribution in [-0.4, -0.2) is 35.9 Å². The summed E-state index contributed by atoms with van der Waals surface area (Å²) in [7, 11) is 0. The fourth-order valence-electron chi connectivity index (χ4n) is 2.48. The van der Waals surface area contributed by atoms with Gasteiger partial charge < -0.3 is 16.4 Å². The summed E-state index contributed by atoms with van der Waals surface area (Å²) in [6.07, 6.45) is 0.366. The molecule has 4 N–H and O–H groups in total. The number of carbonyl (C=O) groups is 2. The number of nitrogens with two attached hydrogens (primary N) is 1. The number of rotatable bonds is 8. The molecule has 0 fully saturated rings. The van der Waals surface area contributed by atoms with Crippen LogP contribution in [0.3, 0.4) is 0 Å². The number of carbonyl (C=O) groups excluding carboxylic acids is 2. The molecular weight excluding hydrogens is 348 g/mol. The molecule has 2 rings (SSSR count). The summed E-state index contributed by atoms with van der Waals surface area (Å²) in [5.41, 5.74) is 7.64. The van der Waals surface area contributed by atoms with Crippen molar-refractivity contribution in [2.45, 2.75) is 46.1 Å². The molecule has 2 aromatic rings. The predicted octanol–water partition coefficient (Wildman–Crippen LogP) is 2.18. The lowest BCUT2D eigenvalue weighted by Crippen LogP contribution is -2.49. The molecule has 1 atom stereocenters. The summed E-state index contributed by atoms with van der Waals surface area (Å²) in [6, 6.07) is 5.60. The number of aromatic nitrogens is 1. The molecule has 0 bridgehead atoms. The molecule has 0 aliphatic rings. The first kappa shape index (κ1) is 20.3. The van der Waals surface area contributed by atoms with Gasteiger partial charge in [-0.25, -0.2) is 4.98 Å². The Bertz CT molecular complexity index is 770. The minimum absolute atomic E-state index is 0.152. The van der Waals surface area contributed by atoms with Gasteiger partial charge in [-0.15, -0.1) is 11.3 Å². The van der Waals surface area contributed by atoms with Crippen LogP contribution < -0.4 is 16.4 Å². The van der Waals surface area contributed by atoms with Gasteiger partial charge in [0, 0.05) is 25.4 Å². The average molecular weight is 377 g/mol. The van der Waals surface area contributed by atoms with Crippen molar-refractivity contribution >= 4 is 33.4 Å². The van der Waals surface area contributed by atoms with Crippen molar-refractivity contribution in [1.82, 2.24) is 15.6 Å². The van der Waals surface area contributed by atoms with Crippen molar-refractivity contribution in [1.29, 1.82) is 0 Å². The van der Waals surface area contributed by atoms with Gasteiger partial charge in [0.15, 0.2) is 0 Å². The van der Waals surface area contributed by atoms with Crippen LogP contribution in [0.2, 0.25) is 0 Å². The molecule has 0 radical (unpaired) electrons. The highest BCUT2D eigenvalue weighted by molar-refractivity contribution is 7.18. The Hall–Kier alpha value is -1.99. The maximum absolute atomic E-state index is 12.4. The number of amides is 2. The fourth-order valence-corrected chi connectivity index (χ4v) is 3.54. The van der Waals surface area contributed by atoms with E-state index in [9.17, 15) is 9.59 Å². The third-order valence-corrected chi connectivity index (χ3v) is 5.14. The first-order chi connectivity index (χ1) is 12.3. The molecule has 6 nitrogen and oxygen atoms in total. The summed E-state index contributed by atoms with van der Waals surface area (Å²) in [5.74, 6) is -0.124. The van der Waals surface area contributed by atoms with E-state index in [0.717, 1.165) is 15.2 Å². The van der Waals surface area contributed by atoms with Crippen molar-refractivity contribution in [3.63, 3.8) is 0 Å². The number of benzene rings is 1. The van der Waals surface area contributed by atoms with E-state index in [0.29, 0.717) is 25.4 Å². The molecule has 0 aliphatic carbocycles. The maximum atomic E-state index is 12.4. The van der Waals surface area contributed by atoms with E-state index in [2.05, 4.69) is 41.6 Å². The number of hydrogen-bond acceptors (Lipinski definition) is 5. The van der Waals surface area contributed by atoms with Crippen molar-refractivity contribution < 1.29 is 9.59 Å². The Morgan fingerprint density at radius 2 is 1.92 bits per heavy atom. The molecule has 0 aliphatic heterocycles. The first-order valence-corrected chi connectivity index (χ1v) is 9.81. The number of hydrogen-bond donors (Lipinski definition) is 3. The van der Waals surface area contributed by atoms with Crippen molar-refractivity contribution in [2.24, 2.45) is 11.7 Å². The van der Waals surface area contributed by atoms with Gasteiger partial charge in [0.1, 0.15) is 6.04 Å². The van der Waals surface area contributed by atoms with E-state index < -0.39 is 6.04 Å². The van der Waals surface area contributed by atoms with Crippen LogP contribution in [0.1, 0.15) is 44.2 Å². The lowest BCUT2D eigenvalue weighted by atomic mass is 10.0. The number of nitrogens with one attached hydrogen (secondary N) is 2. The Kier molecular flexibility index (Phi) is 7.11. The molecular formula is C19H28N4O2S. The van der Waals surface area contributed by atoms with E-state index in [1.807, 2.05) is 6.07 Å². The fraction of sp³-hybridized carbons (Fsp3) is 0.526. The van der Waals surface area contributed by atoms with E-state index >= 15 is 0 Å². The maximum Gasteiger partial charge on any atom is 0.243 e. The normalized spacial score (nSPS) is 12.6. The lowest BCUT2D eigenvalue weighted by molar-refractivity contribution is -0.130. The van der Waals surface area contributed by atoms with E-state index in [4.69, 9.17) is 5.73 Å². The summed E-state index contributed by atoms with van der Waals surface area (Å²) in [5, 5.41) is 6.41. The molecule has 2 amide bonds. The zero-order valence-corrected chi connectivity index (χ0v) is 16.7. The second-order valence-corrected chi connectivity index (χ2v) is 8.10. The quantitative estimate of drug-likeness (QED) is 0.658. The zero-order valence-electron chi connectivity index (χ0n) is 15.8. The SMILES string of the molecule is CC(C)C(=O)N[C@@H](Cc1nc2ccc(C(C)C)cc2s1)C(=O)NCCN. The Morgan fingerprint density at radius 1 is 1.19 bits per heavy atom. The molecule has 7 heteroatoms. The van der Waals surface area contributed by atoms with Crippen LogP contribution in [0.5, 0.6) is 0 Å². The molecule has 0 spiro atoms. The van der Waals surface area contributed by atoms with Gasteiger partial charge in [0.05, 0.1) is 15.2 Å². The Balaban J connectivity index is 2.21. The van der Waals surface area contributed by atoms with E-state index in [-0.39, 0.29) is 17.7 Å². The highest BCUT2D eigenvalue weighted by Crippen LogP contribution is 2.27. The van der Waals surface area contributed by atoms with Crippen molar-refractivity contribution in [2.75, 3.05) is 13.1 Å². The van der Waals surface area contributed by atoms with Crippen LogP contribution in [0.15, 0.2) is 18.2 Å². The number of fused-ring (bicyclic) bond motifs is 1. The minimum atomic E-state index is -0.651. The van der Waals surface area contributed by atoms with Gasteiger partial charge in [-0.2, -0.15) is 0 Å². The smallest absolute Gasteiger partial charge is 0.243 e. The summed E-state index contributed by atoms with van der Waals surface area (Å²) in [4.78, 5) is 29.1. The van der Waals surface area contributed by atoms with E-state index in [1.54, 1.807) is 25.2 Å². The largest absolute Gasteiger partial charge is 0.353 e. The predicted molar refractivity (Wildman–Crippen MR) is 106 cm³/mol.